The van der Waals surface area contributed by atoms with E-state index in [-0.39, 0.29) is 11.6 Å². The Labute approximate surface area is 193 Å². The number of fused-ring (bicyclic) bond motifs is 1. The van der Waals surface area contributed by atoms with E-state index in [0.29, 0.717) is 30.8 Å². The first-order valence-corrected chi connectivity index (χ1v) is 11.6. The molecule has 0 saturated carbocycles. The van der Waals surface area contributed by atoms with Crippen LogP contribution >= 0.6 is 0 Å². The van der Waals surface area contributed by atoms with Gasteiger partial charge in [-0.2, -0.15) is 4.98 Å². The summed E-state index contributed by atoms with van der Waals surface area (Å²) >= 11 is 0. The molecule has 0 atom stereocenters. The quantitative estimate of drug-likeness (QED) is 0.525. The minimum atomic E-state index is -0.419. The lowest BCUT2D eigenvalue weighted by Crippen LogP contribution is -2.36. The Bertz CT molecular complexity index is 1110. The van der Waals surface area contributed by atoms with Gasteiger partial charge in [-0.3, -0.25) is 4.90 Å². The third kappa shape index (κ3) is 4.98. The van der Waals surface area contributed by atoms with Gasteiger partial charge >= 0.3 is 0 Å². The fraction of sp³-hybridized carbons (Fsp3) is 0.385. The second kappa shape index (κ2) is 9.43. The maximum Gasteiger partial charge on any atom is 0.229 e. The zero-order valence-corrected chi connectivity index (χ0v) is 18.8. The Kier molecular flexibility index (Phi) is 6.22. The van der Waals surface area contributed by atoms with E-state index in [1.807, 2.05) is 0 Å². The molecule has 0 bridgehead atoms. The molecule has 33 heavy (non-hydrogen) atoms. The summed E-state index contributed by atoms with van der Waals surface area (Å²) < 4.78 is 33.7. The number of ether oxygens (including phenoxy) is 1. The van der Waals surface area contributed by atoms with Gasteiger partial charge in [0.2, 0.25) is 11.8 Å². The smallest absolute Gasteiger partial charge is 0.229 e. The molecule has 0 amide bonds. The third-order valence-corrected chi connectivity index (χ3v) is 6.52. The predicted octanol–water partition coefficient (Wildman–Crippen LogP) is 5.34. The predicted molar refractivity (Wildman–Crippen MR) is 123 cm³/mol. The first-order valence-electron chi connectivity index (χ1n) is 11.6. The summed E-state index contributed by atoms with van der Waals surface area (Å²) in [7, 11) is 0. The zero-order chi connectivity index (χ0) is 22.8. The molecule has 172 valence electrons. The Balaban J connectivity index is 1.45. The van der Waals surface area contributed by atoms with Crippen molar-refractivity contribution in [3.05, 3.63) is 77.0 Å². The van der Waals surface area contributed by atoms with Gasteiger partial charge in [-0.15, -0.1) is 0 Å². The van der Waals surface area contributed by atoms with Gasteiger partial charge in [0.05, 0.1) is 11.3 Å². The van der Waals surface area contributed by atoms with Crippen molar-refractivity contribution in [2.45, 2.75) is 39.3 Å². The van der Waals surface area contributed by atoms with Gasteiger partial charge in [-0.05, 0) is 48.6 Å². The van der Waals surface area contributed by atoms with Crippen LogP contribution in [-0.2, 0) is 19.5 Å². The summed E-state index contributed by atoms with van der Waals surface area (Å²) in [5, 5.41) is 0. The molecule has 1 aromatic heterocycles. The molecule has 0 radical (unpaired) electrons. The van der Waals surface area contributed by atoms with Crippen LogP contribution in [0.3, 0.4) is 0 Å². The highest BCUT2D eigenvalue weighted by molar-refractivity contribution is 5.44. The average molecular weight is 451 g/mol. The van der Waals surface area contributed by atoms with E-state index in [1.54, 1.807) is 30.3 Å². The van der Waals surface area contributed by atoms with Crippen LogP contribution in [0.5, 0.6) is 11.6 Å². The molecule has 7 heteroatoms. The van der Waals surface area contributed by atoms with Crippen LogP contribution in [-0.4, -0.2) is 34.5 Å². The molecule has 2 aliphatic rings. The van der Waals surface area contributed by atoms with Gasteiger partial charge in [0.15, 0.2) is 11.6 Å². The van der Waals surface area contributed by atoms with E-state index in [9.17, 15) is 8.78 Å². The summed E-state index contributed by atoms with van der Waals surface area (Å²) in [4.78, 5) is 14.1. The van der Waals surface area contributed by atoms with Gasteiger partial charge in [-0.1, -0.05) is 31.2 Å². The molecule has 1 fully saturated rings. The molecule has 3 heterocycles. The first-order chi connectivity index (χ1) is 16.0. The molecule has 1 saturated heterocycles. The van der Waals surface area contributed by atoms with E-state index in [1.165, 1.54) is 18.2 Å². The molecule has 0 spiro atoms. The third-order valence-electron chi connectivity index (χ3n) is 6.52. The van der Waals surface area contributed by atoms with Gasteiger partial charge < -0.3 is 9.64 Å². The number of rotatable bonds is 5. The molecule has 0 aliphatic carbocycles. The van der Waals surface area contributed by atoms with Crippen LogP contribution in [0.15, 0.2) is 48.5 Å². The topological polar surface area (TPSA) is 41.5 Å². The number of aromatic nitrogens is 2. The molecule has 3 aromatic rings. The van der Waals surface area contributed by atoms with Crippen molar-refractivity contribution in [1.82, 2.24) is 14.9 Å². The minimum Gasteiger partial charge on any atom is -0.435 e. The summed E-state index contributed by atoms with van der Waals surface area (Å²) in [6.07, 6.45) is 2.97. The maximum atomic E-state index is 14.4. The number of hydrogen-bond donors (Lipinski definition) is 0. The zero-order valence-electron chi connectivity index (χ0n) is 18.8. The second-order valence-electron chi connectivity index (χ2n) is 9.04. The van der Waals surface area contributed by atoms with Gasteiger partial charge in [-0.25, -0.2) is 13.8 Å². The minimum absolute atomic E-state index is 0.160. The Morgan fingerprint density at radius 1 is 0.970 bits per heavy atom. The number of hydrogen-bond acceptors (Lipinski definition) is 5. The van der Waals surface area contributed by atoms with Crippen molar-refractivity contribution in [2.75, 3.05) is 24.5 Å². The molecular formula is C26H28F2N4O. The second-order valence-corrected chi connectivity index (χ2v) is 9.04. The van der Waals surface area contributed by atoms with Crippen molar-refractivity contribution in [2.24, 2.45) is 5.92 Å². The van der Waals surface area contributed by atoms with Gasteiger partial charge in [0.1, 0.15) is 5.82 Å². The lowest BCUT2D eigenvalue weighted by Gasteiger charge is -2.33. The standard InChI is InChI=1S/C26H28F2N4O/c1-18-10-14-32(15-11-18)26-29-23-12-13-31(16-19-6-8-20(27)9-7-19)17-21(23)25(30-26)33-24-5-3-2-4-22(24)28/h2-9,18H,10-17H2,1H3. The largest absolute Gasteiger partial charge is 0.435 e. The first kappa shape index (κ1) is 21.8. The maximum absolute atomic E-state index is 14.4. The Hall–Kier alpha value is -3.06. The number of benzene rings is 2. The van der Waals surface area contributed by atoms with Crippen LogP contribution in [0.4, 0.5) is 14.7 Å². The van der Waals surface area contributed by atoms with Crippen LogP contribution in [0.1, 0.15) is 36.6 Å². The summed E-state index contributed by atoms with van der Waals surface area (Å²) in [5.41, 5.74) is 2.89. The summed E-state index contributed by atoms with van der Waals surface area (Å²) in [6, 6.07) is 13.0. The highest BCUT2D eigenvalue weighted by Gasteiger charge is 2.27. The molecular weight excluding hydrogens is 422 g/mol. The van der Waals surface area contributed by atoms with Crippen LogP contribution in [0, 0.1) is 17.6 Å². The number of anilines is 1. The van der Waals surface area contributed by atoms with E-state index < -0.39 is 5.82 Å². The summed E-state index contributed by atoms with van der Waals surface area (Å²) in [5.74, 6) is 1.29. The number of halogens is 2. The van der Waals surface area contributed by atoms with Crippen LogP contribution in [0.2, 0.25) is 0 Å². The lowest BCUT2D eigenvalue weighted by atomic mass is 9.99. The SMILES string of the molecule is CC1CCN(c2nc3c(c(Oc4ccccc4F)n2)CN(Cc2ccc(F)cc2)CC3)CC1. The molecule has 2 aliphatic heterocycles. The number of para-hydroxylation sites is 1. The fourth-order valence-corrected chi connectivity index (χ4v) is 4.48. The molecule has 5 rings (SSSR count). The molecule has 2 aromatic carbocycles. The van der Waals surface area contributed by atoms with E-state index in [4.69, 9.17) is 14.7 Å². The van der Waals surface area contributed by atoms with E-state index >= 15 is 0 Å². The Morgan fingerprint density at radius 2 is 1.73 bits per heavy atom. The van der Waals surface area contributed by atoms with Crippen molar-refractivity contribution in [3.63, 3.8) is 0 Å². The monoisotopic (exact) mass is 450 g/mol. The normalized spacial score (nSPS) is 17.1. The van der Waals surface area contributed by atoms with Crippen molar-refractivity contribution in [3.8, 4) is 11.6 Å². The fourth-order valence-electron chi connectivity index (χ4n) is 4.48. The highest BCUT2D eigenvalue weighted by atomic mass is 19.1. The van der Waals surface area contributed by atoms with Crippen molar-refractivity contribution in [1.29, 1.82) is 0 Å². The molecule has 5 nitrogen and oxygen atoms in total. The average Bonchev–Trinajstić information content (AvgIpc) is 2.82. The van der Waals surface area contributed by atoms with E-state index in [2.05, 4.69) is 16.7 Å². The number of piperidine rings is 1. The van der Waals surface area contributed by atoms with Crippen molar-refractivity contribution < 1.29 is 13.5 Å². The highest BCUT2D eigenvalue weighted by Crippen LogP contribution is 2.33. The molecule has 0 unspecified atom stereocenters. The molecule has 0 N–H and O–H groups in total. The number of nitrogens with zero attached hydrogens (tertiary/aromatic N) is 4. The van der Waals surface area contributed by atoms with Crippen LogP contribution < -0.4 is 9.64 Å². The van der Waals surface area contributed by atoms with Crippen LogP contribution in [0.25, 0.3) is 0 Å². The Morgan fingerprint density at radius 3 is 2.48 bits per heavy atom. The summed E-state index contributed by atoms with van der Waals surface area (Å²) in [6.45, 7) is 6.20. The van der Waals surface area contributed by atoms with E-state index in [0.717, 1.165) is 55.7 Å². The van der Waals surface area contributed by atoms with Gasteiger partial charge in [0.25, 0.3) is 0 Å². The van der Waals surface area contributed by atoms with Gasteiger partial charge in [0, 0.05) is 39.1 Å². The lowest BCUT2D eigenvalue weighted by molar-refractivity contribution is 0.237. The van der Waals surface area contributed by atoms with Crippen molar-refractivity contribution >= 4 is 5.95 Å².